The zero-order valence-electron chi connectivity index (χ0n) is 12.4. The SMILES string of the molecule is CCC1(CO)CCN(C(=O)NCc2ccccc2Cl)CC1. The van der Waals surface area contributed by atoms with Crippen LogP contribution in [0.15, 0.2) is 24.3 Å². The van der Waals surface area contributed by atoms with E-state index in [1.54, 1.807) is 0 Å². The van der Waals surface area contributed by atoms with Crippen molar-refractivity contribution in [3.05, 3.63) is 34.9 Å². The molecule has 1 heterocycles. The summed E-state index contributed by atoms with van der Waals surface area (Å²) in [6.07, 6.45) is 2.68. The van der Waals surface area contributed by atoms with Gasteiger partial charge in [0.2, 0.25) is 0 Å². The molecule has 0 bridgehead atoms. The number of amides is 2. The van der Waals surface area contributed by atoms with Crippen LogP contribution < -0.4 is 5.32 Å². The minimum Gasteiger partial charge on any atom is -0.396 e. The maximum atomic E-state index is 12.2. The molecule has 2 rings (SSSR count). The summed E-state index contributed by atoms with van der Waals surface area (Å²) in [5.41, 5.74) is 0.919. The highest BCUT2D eigenvalue weighted by atomic mass is 35.5. The van der Waals surface area contributed by atoms with Crippen molar-refractivity contribution in [1.82, 2.24) is 10.2 Å². The second-order valence-electron chi connectivity index (χ2n) is 5.75. The van der Waals surface area contributed by atoms with Crippen molar-refractivity contribution in [3.8, 4) is 0 Å². The van der Waals surface area contributed by atoms with E-state index >= 15 is 0 Å². The first-order valence-electron chi connectivity index (χ1n) is 7.47. The number of nitrogens with zero attached hydrogens (tertiary/aromatic N) is 1. The lowest BCUT2D eigenvalue weighted by Crippen LogP contribution is -2.48. The lowest BCUT2D eigenvalue weighted by Gasteiger charge is -2.40. The standard InChI is InChI=1S/C16H23ClN2O2/c1-2-16(12-20)7-9-19(10-8-16)15(21)18-11-13-5-3-4-6-14(13)17/h3-6,20H,2,7-12H2,1H3,(H,18,21). The number of benzene rings is 1. The Morgan fingerprint density at radius 1 is 1.38 bits per heavy atom. The summed E-state index contributed by atoms with van der Waals surface area (Å²) >= 11 is 6.08. The molecule has 1 aromatic carbocycles. The number of aliphatic hydroxyl groups excluding tert-OH is 1. The molecule has 0 atom stereocenters. The predicted molar refractivity (Wildman–Crippen MR) is 84.3 cm³/mol. The Hall–Kier alpha value is -1.26. The van der Waals surface area contributed by atoms with Crippen LogP contribution in [0.3, 0.4) is 0 Å². The van der Waals surface area contributed by atoms with E-state index in [4.69, 9.17) is 11.6 Å². The quantitative estimate of drug-likeness (QED) is 0.898. The lowest BCUT2D eigenvalue weighted by molar-refractivity contribution is 0.0519. The fourth-order valence-electron chi connectivity index (χ4n) is 2.73. The van der Waals surface area contributed by atoms with Crippen LogP contribution in [0.25, 0.3) is 0 Å². The number of carbonyl (C=O) groups is 1. The number of halogens is 1. The van der Waals surface area contributed by atoms with E-state index in [0.717, 1.165) is 24.8 Å². The Balaban J connectivity index is 1.84. The van der Waals surface area contributed by atoms with Gasteiger partial charge in [-0.05, 0) is 36.3 Å². The molecule has 1 aliphatic rings. The second kappa shape index (κ2) is 7.14. The van der Waals surface area contributed by atoms with Crippen LogP contribution in [-0.4, -0.2) is 35.7 Å². The first-order chi connectivity index (χ1) is 10.1. The number of aliphatic hydroxyl groups is 1. The number of piperidine rings is 1. The molecular weight excluding hydrogens is 288 g/mol. The Labute approximate surface area is 131 Å². The van der Waals surface area contributed by atoms with Gasteiger partial charge in [0.25, 0.3) is 0 Å². The fraction of sp³-hybridized carbons (Fsp3) is 0.562. The predicted octanol–water partition coefficient (Wildman–Crippen LogP) is 3.03. The number of nitrogens with one attached hydrogen (secondary N) is 1. The van der Waals surface area contributed by atoms with Crippen molar-refractivity contribution in [2.45, 2.75) is 32.7 Å². The van der Waals surface area contributed by atoms with E-state index in [1.807, 2.05) is 29.2 Å². The van der Waals surface area contributed by atoms with E-state index < -0.39 is 0 Å². The van der Waals surface area contributed by atoms with E-state index in [9.17, 15) is 9.90 Å². The molecule has 0 aromatic heterocycles. The van der Waals surface area contributed by atoms with Crippen molar-refractivity contribution in [3.63, 3.8) is 0 Å². The summed E-state index contributed by atoms with van der Waals surface area (Å²) in [6, 6.07) is 7.45. The van der Waals surface area contributed by atoms with Crippen molar-refractivity contribution >= 4 is 17.6 Å². The monoisotopic (exact) mass is 310 g/mol. The van der Waals surface area contributed by atoms with Gasteiger partial charge in [-0.1, -0.05) is 36.7 Å². The molecule has 2 amide bonds. The average molecular weight is 311 g/mol. The maximum absolute atomic E-state index is 12.2. The molecule has 0 saturated carbocycles. The number of hydrogen-bond donors (Lipinski definition) is 2. The molecule has 0 spiro atoms. The molecule has 1 aliphatic heterocycles. The summed E-state index contributed by atoms with van der Waals surface area (Å²) in [6.45, 7) is 4.14. The largest absolute Gasteiger partial charge is 0.396 e. The molecule has 116 valence electrons. The van der Waals surface area contributed by atoms with Gasteiger partial charge in [-0.3, -0.25) is 0 Å². The van der Waals surface area contributed by atoms with Crippen molar-refractivity contribution < 1.29 is 9.90 Å². The third-order valence-electron chi connectivity index (χ3n) is 4.58. The van der Waals surface area contributed by atoms with E-state index in [2.05, 4.69) is 12.2 Å². The van der Waals surface area contributed by atoms with Crippen LogP contribution in [0.5, 0.6) is 0 Å². The van der Waals surface area contributed by atoms with Crippen molar-refractivity contribution in [2.24, 2.45) is 5.41 Å². The second-order valence-corrected chi connectivity index (χ2v) is 6.16. The molecule has 21 heavy (non-hydrogen) atoms. The summed E-state index contributed by atoms with van der Waals surface area (Å²) in [4.78, 5) is 14.0. The zero-order valence-corrected chi connectivity index (χ0v) is 13.2. The van der Waals surface area contributed by atoms with Crippen molar-refractivity contribution in [1.29, 1.82) is 0 Å². The molecule has 1 fully saturated rings. The zero-order chi connectivity index (χ0) is 15.3. The highest BCUT2D eigenvalue weighted by Gasteiger charge is 2.33. The summed E-state index contributed by atoms with van der Waals surface area (Å²) in [5.74, 6) is 0. The van der Waals surface area contributed by atoms with Crippen LogP contribution in [0, 0.1) is 5.41 Å². The number of urea groups is 1. The smallest absolute Gasteiger partial charge is 0.317 e. The van der Waals surface area contributed by atoms with Gasteiger partial charge in [0.15, 0.2) is 0 Å². The van der Waals surface area contributed by atoms with Gasteiger partial charge in [-0.15, -0.1) is 0 Å². The molecule has 4 nitrogen and oxygen atoms in total. The van der Waals surface area contributed by atoms with Crippen LogP contribution >= 0.6 is 11.6 Å². The molecule has 1 aromatic rings. The molecule has 0 unspecified atom stereocenters. The first kappa shape index (κ1) is 16.1. The highest BCUT2D eigenvalue weighted by Crippen LogP contribution is 2.34. The van der Waals surface area contributed by atoms with Crippen LogP contribution in [0.2, 0.25) is 5.02 Å². The molecular formula is C16H23ClN2O2. The van der Waals surface area contributed by atoms with Gasteiger partial charge in [0.1, 0.15) is 0 Å². The van der Waals surface area contributed by atoms with Crippen LogP contribution in [0.4, 0.5) is 4.79 Å². The molecule has 5 heteroatoms. The van der Waals surface area contributed by atoms with Crippen LogP contribution in [-0.2, 0) is 6.54 Å². The van der Waals surface area contributed by atoms with Gasteiger partial charge < -0.3 is 15.3 Å². The van der Waals surface area contributed by atoms with Gasteiger partial charge in [0, 0.05) is 31.3 Å². The summed E-state index contributed by atoms with van der Waals surface area (Å²) in [5, 5.41) is 13.1. The Morgan fingerprint density at radius 2 is 2.05 bits per heavy atom. The third-order valence-corrected chi connectivity index (χ3v) is 4.95. The number of likely N-dealkylation sites (tertiary alicyclic amines) is 1. The minimum atomic E-state index is -0.0578. The van der Waals surface area contributed by atoms with E-state index in [-0.39, 0.29) is 18.1 Å². The Bertz CT molecular complexity index is 479. The number of carbonyl (C=O) groups excluding carboxylic acids is 1. The van der Waals surface area contributed by atoms with Crippen LogP contribution in [0.1, 0.15) is 31.7 Å². The number of hydrogen-bond acceptors (Lipinski definition) is 2. The van der Waals surface area contributed by atoms with Crippen molar-refractivity contribution in [2.75, 3.05) is 19.7 Å². The Kier molecular flexibility index (Phi) is 5.48. The van der Waals surface area contributed by atoms with E-state index in [1.165, 1.54) is 0 Å². The fourth-order valence-corrected chi connectivity index (χ4v) is 2.93. The molecule has 1 saturated heterocycles. The van der Waals surface area contributed by atoms with Gasteiger partial charge in [-0.2, -0.15) is 0 Å². The first-order valence-corrected chi connectivity index (χ1v) is 7.85. The van der Waals surface area contributed by atoms with Gasteiger partial charge >= 0.3 is 6.03 Å². The third kappa shape index (κ3) is 3.89. The summed E-state index contributed by atoms with van der Waals surface area (Å²) in [7, 11) is 0. The lowest BCUT2D eigenvalue weighted by atomic mass is 9.77. The summed E-state index contributed by atoms with van der Waals surface area (Å²) < 4.78 is 0. The molecule has 0 radical (unpaired) electrons. The van der Waals surface area contributed by atoms with Gasteiger partial charge in [-0.25, -0.2) is 4.79 Å². The maximum Gasteiger partial charge on any atom is 0.317 e. The number of rotatable bonds is 4. The molecule has 0 aliphatic carbocycles. The van der Waals surface area contributed by atoms with E-state index in [0.29, 0.717) is 24.7 Å². The highest BCUT2D eigenvalue weighted by molar-refractivity contribution is 6.31. The molecule has 2 N–H and O–H groups in total. The minimum absolute atomic E-state index is 0.000478. The average Bonchev–Trinajstić information content (AvgIpc) is 2.54. The topological polar surface area (TPSA) is 52.6 Å². The van der Waals surface area contributed by atoms with Gasteiger partial charge in [0.05, 0.1) is 0 Å². The Morgan fingerprint density at radius 3 is 2.62 bits per heavy atom. The normalized spacial score (nSPS) is 17.6.